The van der Waals surface area contributed by atoms with Crippen molar-refractivity contribution in [2.24, 2.45) is 11.3 Å². The van der Waals surface area contributed by atoms with Crippen molar-refractivity contribution in [3.05, 3.63) is 0 Å². The van der Waals surface area contributed by atoms with Crippen molar-refractivity contribution in [2.45, 2.75) is 39.2 Å². The molecule has 2 aliphatic heterocycles. The van der Waals surface area contributed by atoms with Crippen molar-refractivity contribution in [1.82, 2.24) is 9.80 Å². The van der Waals surface area contributed by atoms with Gasteiger partial charge in [-0.05, 0) is 52.6 Å². The summed E-state index contributed by atoms with van der Waals surface area (Å²) in [5.74, 6) is 0.590. The van der Waals surface area contributed by atoms with E-state index in [1.54, 1.807) is 13.8 Å². The molecule has 2 saturated heterocycles. The summed E-state index contributed by atoms with van der Waals surface area (Å²) in [6.45, 7) is 6.25. The van der Waals surface area contributed by atoms with E-state index in [-0.39, 0.29) is 5.91 Å². The van der Waals surface area contributed by atoms with Crippen molar-refractivity contribution < 1.29 is 4.79 Å². The Balaban J connectivity index is 2.03. The van der Waals surface area contributed by atoms with Gasteiger partial charge in [0.25, 0.3) is 0 Å². The molecule has 2 aliphatic rings. The number of fused-ring (bicyclic) bond motifs is 1. The molecule has 4 nitrogen and oxygen atoms in total. The zero-order chi connectivity index (χ0) is 13.3. The molecule has 18 heavy (non-hydrogen) atoms. The molecule has 0 bridgehead atoms. The van der Waals surface area contributed by atoms with Crippen molar-refractivity contribution in [3.8, 4) is 6.07 Å². The van der Waals surface area contributed by atoms with E-state index in [4.69, 9.17) is 5.26 Å². The van der Waals surface area contributed by atoms with Gasteiger partial charge in [0.1, 0.15) is 5.41 Å². The van der Waals surface area contributed by atoms with Gasteiger partial charge < -0.3 is 9.80 Å². The summed E-state index contributed by atoms with van der Waals surface area (Å²) in [5.41, 5.74) is -0.882. The normalized spacial score (nSPS) is 29.6. The Kier molecular flexibility index (Phi) is 3.63. The summed E-state index contributed by atoms with van der Waals surface area (Å²) >= 11 is 0. The van der Waals surface area contributed by atoms with Gasteiger partial charge in [0.2, 0.25) is 5.91 Å². The van der Waals surface area contributed by atoms with Crippen LogP contribution in [0, 0.1) is 22.7 Å². The first-order valence-electron chi connectivity index (χ1n) is 6.86. The highest BCUT2D eigenvalue weighted by Crippen LogP contribution is 2.31. The molecule has 2 atom stereocenters. The van der Waals surface area contributed by atoms with Crippen molar-refractivity contribution in [1.29, 1.82) is 5.26 Å². The van der Waals surface area contributed by atoms with E-state index < -0.39 is 5.41 Å². The third-order valence-corrected chi connectivity index (χ3v) is 4.45. The third kappa shape index (κ3) is 2.37. The second-order valence-electron chi connectivity index (χ2n) is 6.23. The molecule has 0 aromatic rings. The van der Waals surface area contributed by atoms with Crippen LogP contribution in [0.25, 0.3) is 0 Å². The van der Waals surface area contributed by atoms with Gasteiger partial charge in [-0.15, -0.1) is 0 Å². The number of likely N-dealkylation sites (tertiary alicyclic amines) is 2. The SMILES string of the molecule is CN1CCCC2CN(C(=O)C(C)(C)C#N)CCC21. The molecule has 100 valence electrons. The molecule has 0 spiro atoms. The Bertz CT molecular complexity index is 372. The summed E-state index contributed by atoms with van der Waals surface area (Å²) < 4.78 is 0. The fraction of sp³-hybridized carbons (Fsp3) is 0.857. The number of amides is 1. The lowest BCUT2D eigenvalue weighted by atomic mass is 9.83. The van der Waals surface area contributed by atoms with E-state index in [1.807, 2.05) is 4.90 Å². The van der Waals surface area contributed by atoms with E-state index in [2.05, 4.69) is 18.0 Å². The molecule has 0 aromatic heterocycles. The van der Waals surface area contributed by atoms with Crippen molar-refractivity contribution in [3.63, 3.8) is 0 Å². The van der Waals surface area contributed by atoms with E-state index >= 15 is 0 Å². The molecule has 2 rings (SSSR count). The Morgan fingerprint density at radius 1 is 1.33 bits per heavy atom. The monoisotopic (exact) mass is 249 g/mol. The van der Waals surface area contributed by atoms with Gasteiger partial charge in [0.15, 0.2) is 0 Å². The predicted molar refractivity (Wildman–Crippen MR) is 69.7 cm³/mol. The van der Waals surface area contributed by atoms with Crippen LogP contribution in [-0.4, -0.2) is 48.4 Å². The number of nitriles is 1. The molecule has 0 aliphatic carbocycles. The summed E-state index contributed by atoms with van der Waals surface area (Å²) in [6, 6.07) is 2.75. The number of hydrogen-bond donors (Lipinski definition) is 0. The first kappa shape index (κ1) is 13.4. The number of carbonyl (C=O) groups excluding carboxylic acids is 1. The average molecular weight is 249 g/mol. The number of hydrogen-bond acceptors (Lipinski definition) is 3. The summed E-state index contributed by atoms with van der Waals surface area (Å²) in [4.78, 5) is 16.6. The van der Waals surface area contributed by atoms with Gasteiger partial charge >= 0.3 is 0 Å². The first-order chi connectivity index (χ1) is 8.45. The lowest BCUT2D eigenvalue weighted by molar-refractivity contribution is -0.141. The summed E-state index contributed by atoms with van der Waals surface area (Å²) in [6.07, 6.45) is 3.49. The molecule has 2 unspecified atom stereocenters. The van der Waals surface area contributed by atoms with Crippen LogP contribution < -0.4 is 0 Å². The highest BCUT2D eigenvalue weighted by atomic mass is 16.2. The molecule has 0 radical (unpaired) electrons. The van der Waals surface area contributed by atoms with Gasteiger partial charge in [0.05, 0.1) is 6.07 Å². The van der Waals surface area contributed by atoms with E-state index in [9.17, 15) is 4.79 Å². The summed E-state index contributed by atoms with van der Waals surface area (Å²) in [5, 5.41) is 9.06. The first-order valence-corrected chi connectivity index (χ1v) is 6.86. The average Bonchev–Trinajstić information content (AvgIpc) is 2.37. The van der Waals surface area contributed by atoms with Crippen LogP contribution in [0.1, 0.15) is 33.1 Å². The van der Waals surface area contributed by atoms with Crippen molar-refractivity contribution in [2.75, 3.05) is 26.7 Å². The van der Waals surface area contributed by atoms with Gasteiger partial charge in [-0.3, -0.25) is 4.79 Å². The Hall–Kier alpha value is -1.08. The number of piperidine rings is 2. The van der Waals surface area contributed by atoms with Gasteiger partial charge in [-0.25, -0.2) is 0 Å². The van der Waals surface area contributed by atoms with Crippen LogP contribution in [0.15, 0.2) is 0 Å². The van der Waals surface area contributed by atoms with Gasteiger partial charge in [-0.2, -0.15) is 5.26 Å². The minimum absolute atomic E-state index is 0.00308. The number of nitrogens with zero attached hydrogens (tertiary/aromatic N) is 3. The molecule has 1 amide bonds. The molecule has 4 heteroatoms. The van der Waals surface area contributed by atoms with E-state index in [0.717, 1.165) is 19.5 Å². The van der Waals surface area contributed by atoms with Crippen LogP contribution in [0.4, 0.5) is 0 Å². The van der Waals surface area contributed by atoms with Crippen molar-refractivity contribution >= 4 is 5.91 Å². The smallest absolute Gasteiger partial charge is 0.242 e. The number of carbonyl (C=O) groups is 1. The Morgan fingerprint density at radius 3 is 2.72 bits per heavy atom. The maximum Gasteiger partial charge on any atom is 0.242 e. The number of rotatable bonds is 1. The lowest BCUT2D eigenvalue weighted by Crippen LogP contribution is -2.55. The molecular formula is C14H23N3O. The van der Waals surface area contributed by atoms with Gasteiger partial charge in [-0.1, -0.05) is 0 Å². The van der Waals surface area contributed by atoms with Crippen LogP contribution in [0.5, 0.6) is 0 Å². The van der Waals surface area contributed by atoms with Crippen LogP contribution in [0.3, 0.4) is 0 Å². The predicted octanol–water partition coefficient (Wildman–Crippen LogP) is 1.48. The standard InChI is InChI=1S/C14H23N3O/c1-14(2,10-15)13(18)17-8-6-12-11(9-17)5-4-7-16(12)3/h11-12H,4-9H2,1-3H3. The topological polar surface area (TPSA) is 47.3 Å². The molecular weight excluding hydrogens is 226 g/mol. The molecule has 2 fully saturated rings. The largest absolute Gasteiger partial charge is 0.341 e. The highest BCUT2D eigenvalue weighted by Gasteiger charge is 2.39. The maximum atomic E-state index is 12.3. The minimum Gasteiger partial charge on any atom is -0.341 e. The molecule has 2 heterocycles. The fourth-order valence-electron chi connectivity index (χ4n) is 3.28. The molecule has 0 aromatic carbocycles. The summed E-state index contributed by atoms with van der Waals surface area (Å²) in [7, 11) is 2.19. The fourth-order valence-corrected chi connectivity index (χ4v) is 3.28. The van der Waals surface area contributed by atoms with E-state index in [0.29, 0.717) is 12.0 Å². The third-order valence-electron chi connectivity index (χ3n) is 4.45. The molecule has 0 N–H and O–H groups in total. The van der Waals surface area contributed by atoms with Crippen LogP contribution >= 0.6 is 0 Å². The van der Waals surface area contributed by atoms with Crippen LogP contribution in [0.2, 0.25) is 0 Å². The highest BCUT2D eigenvalue weighted by molar-refractivity contribution is 5.84. The quantitative estimate of drug-likeness (QED) is 0.707. The molecule has 0 saturated carbocycles. The second-order valence-corrected chi connectivity index (χ2v) is 6.23. The second kappa shape index (κ2) is 4.89. The maximum absolute atomic E-state index is 12.3. The Labute approximate surface area is 110 Å². The van der Waals surface area contributed by atoms with Gasteiger partial charge in [0, 0.05) is 19.1 Å². The van der Waals surface area contributed by atoms with Crippen LogP contribution in [-0.2, 0) is 4.79 Å². The minimum atomic E-state index is -0.882. The van der Waals surface area contributed by atoms with E-state index in [1.165, 1.54) is 19.4 Å². The zero-order valence-corrected chi connectivity index (χ0v) is 11.6. The lowest BCUT2D eigenvalue weighted by Gasteiger charge is -2.46. The Morgan fingerprint density at radius 2 is 2.06 bits per heavy atom. The zero-order valence-electron chi connectivity index (χ0n) is 11.6.